The minimum absolute atomic E-state index is 0.121. The SMILES string of the molecule is Cc1cc(Br)c2nc(Cl)nc(N/C=N/O)c2c1. The Labute approximate surface area is 111 Å². The molecule has 2 rings (SSSR count). The molecule has 5 nitrogen and oxygen atoms in total. The van der Waals surface area contributed by atoms with Crippen molar-refractivity contribution in [2.24, 2.45) is 5.16 Å². The van der Waals surface area contributed by atoms with Crippen LogP contribution in [-0.2, 0) is 0 Å². The predicted molar refractivity (Wildman–Crippen MR) is 70.9 cm³/mol. The zero-order valence-corrected chi connectivity index (χ0v) is 11.1. The van der Waals surface area contributed by atoms with Crippen LogP contribution in [0.2, 0.25) is 5.28 Å². The molecule has 1 aromatic carbocycles. The van der Waals surface area contributed by atoms with Crippen LogP contribution in [0.15, 0.2) is 21.8 Å². The normalized spacial score (nSPS) is 11.2. The third kappa shape index (κ3) is 2.48. The summed E-state index contributed by atoms with van der Waals surface area (Å²) in [5.74, 6) is 0.488. The second kappa shape index (κ2) is 4.85. The van der Waals surface area contributed by atoms with Crippen LogP contribution in [0.4, 0.5) is 5.82 Å². The van der Waals surface area contributed by atoms with Gasteiger partial charge in [-0.2, -0.15) is 4.98 Å². The molecule has 0 spiro atoms. The van der Waals surface area contributed by atoms with Crippen LogP contribution in [0.3, 0.4) is 0 Å². The lowest BCUT2D eigenvalue weighted by atomic mass is 10.1. The Morgan fingerprint density at radius 2 is 2.24 bits per heavy atom. The van der Waals surface area contributed by atoms with Crippen molar-refractivity contribution >= 4 is 50.6 Å². The second-order valence-electron chi connectivity index (χ2n) is 3.37. The first kappa shape index (κ1) is 12.1. The lowest BCUT2D eigenvalue weighted by molar-refractivity contribution is 0.321. The van der Waals surface area contributed by atoms with Crippen molar-refractivity contribution in [3.05, 3.63) is 27.5 Å². The Kier molecular flexibility index (Phi) is 3.44. The van der Waals surface area contributed by atoms with Gasteiger partial charge < -0.3 is 10.5 Å². The van der Waals surface area contributed by atoms with Crippen LogP contribution < -0.4 is 5.32 Å². The topological polar surface area (TPSA) is 70.4 Å². The van der Waals surface area contributed by atoms with E-state index in [4.69, 9.17) is 16.8 Å². The van der Waals surface area contributed by atoms with Gasteiger partial charge >= 0.3 is 0 Å². The van der Waals surface area contributed by atoms with Crippen LogP contribution >= 0.6 is 27.5 Å². The molecule has 0 aliphatic rings. The van der Waals surface area contributed by atoms with Crippen molar-refractivity contribution in [1.29, 1.82) is 0 Å². The number of hydrogen-bond donors (Lipinski definition) is 2. The monoisotopic (exact) mass is 314 g/mol. The molecule has 0 saturated heterocycles. The smallest absolute Gasteiger partial charge is 0.224 e. The highest BCUT2D eigenvalue weighted by molar-refractivity contribution is 9.10. The number of anilines is 1. The first-order valence-electron chi connectivity index (χ1n) is 4.67. The molecule has 0 bridgehead atoms. The zero-order chi connectivity index (χ0) is 12.4. The van der Waals surface area contributed by atoms with Gasteiger partial charge in [0.2, 0.25) is 5.28 Å². The molecule has 7 heteroatoms. The Morgan fingerprint density at radius 3 is 2.94 bits per heavy atom. The standard InChI is InChI=1S/C10H8BrClN4O/c1-5-2-6-8(7(11)3-5)15-10(12)16-9(6)13-4-14-17/h2-4,17H,1H3,(H,13,14,15,16). The van der Waals surface area contributed by atoms with Crippen molar-refractivity contribution in [1.82, 2.24) is 9.97 Å². The average molecular weight is 316 g/mol. The molecule has 1 heterocycles. The highest BCUT2D eigenvalue weighted by atomic mass is 79.9. The van der Waals surface area contributed by atoms with Gasteiger partial charge in [0.1, 0.15) is 12.2 Å². The molecule has 0 saturated carbocycles. The number of hydrogen-bond acceptors (Lipinski definition) is 4. The van der Waals surface area contributed by atoms with E-state index in [0.29, 0.717) is 11.3 Å². The van der Waals surface area contributed by atoms with E-state index in [9.17, 15) is 0 Å². The summed E-state index contributed by atoms with van der Waals surface area (Å²) in [4.78, 5) is 8.19. The lowest BCUT2D eigenvalue weighted by Crippen LogP contribution is -2.00. The van der Waals surface area contributed by atoms with Gasteiger partial charge in [0.25, 0.3) is 0 Å². The molecule has 17 heavy (non-hydrogen) atoms. The van der Waals surface area contributed by atoms with Crippen molar-refractivity contribution in [3.63, 3.8) is 0 Å². The first-order valence-corrected chi connectivity index (χ1v) is 5.84. The highest BCUT2D eigenvalue weighted by Crippen LogP contribution is 2.29. The molecule has 0 radical (unpaired) electrons. The number of rotatable bonds is 2. The summed E-state index contributed by atoms with van der Waals surface area (Å²) in [6.45, 7) is 1.96. The quantitative estimate of drug-likeness (QED) is 0.293. The van der Waals surface area contributed by atoms with Gasteiger partial charge in [-0.25, -0.2) is 4.98 Å². The fourth-order valence-electron chi connectivity index (χ4n) is 1.50. The minimum atomic E-state index is 0.121. The van der Waals surface area contributed by atoms with E-state index in [1.807, 2.05) is 19.1 Å². The predicted octanol–water partition coefficient (Wildman–Crippen LogP) is 3.18. The van der Waals surface area contributed by atoms with Gasteiger partial charge in [-0.05, 0) is 52.2 Å². The van der Waals surface area contributed by atoms with Crippen molar-refractivity contribution in [3.8, 4) is 0 Å². The summed E-state index contributed by atoms with van der Waals surface area (Å²) in [6.07, 6.45) is 1.12. The Morgan fingerprint density at radius 1 is 1.47 bits per heavy atom. The Balaban J connectivity index is 2.73. The van der Waals surface area contributed by atoms with E-state index in [-0.39, 0.29) is 5.28 Å². The highest BCUT2D eigenvalue weighted by Gasteiger charge is 2.09. The summed E-state index contributed by atoms with van der Waals surface area (Å²) in [6, 6.07) is 3.86. The van der Waals surface area contributed by atoms with Crippen LogP contribution in [0.1, 0.15) is 5.56 Å². The molecule has 0 aliphatic carbocycles. The van der Waals surface area contributed by atoms with Gasteiger partial charge in [-0.1, -0.05) is 5.16 Å². The maximum absolute atomic E-state index is 8.40. The summed E-state index contributed by atoms with van der Waals surface area (Å²) in [7, 11) is 0. The molecule has 1 aromatic heterocycles. The number of nitrogens with zero attached hydrogens (tertiary/aromatic N) is 3. The van der Waals surface area contributed by atoms with E-state index in [2.05, 4.69) is 36.4 Å². The molecule has 0 aliphatic heterocycles. The van der Waals surface area contributed by atoms with Crippen LogP contribution in [0.25, 0.3) is 10.9 Å². The van der Waals surface area contributed by atoms with E-state index < -0.39 is 0 Å². The molecule has 0 fully saturated rings. The Hall–Kier alpha value is -1.40. The lowest BCUT2D eigenvalue weighted by Gasteiger charge is -2.07. The number of halogens is 2. The first-order chi connectivity index (χ1) is 8.11. The second-order valence-corrected chi connectivity index (χ2v) is 4.57. The van der Waals surface area contributed by atoms with Crippen molar-refractivity contribution in [2.75, 3.05) is 5.32 Å². The van der Waals surface area contributed by atoms with Gasteiger partial charge in [-0.3, -0.25) is 0 Å². The van der Waals surface area contributed by atoms with E-state index >= 15 is 0 Å². The summed E-state index contributed by atoms with van der Waals surface area (Å²) in [5, 5.41) is 14.9. The molecule has 88 valence electrons. The maximum Gasteiger partial charge on any atom is 0.224 e. The third-order valence-electron chi connectivity index (χ3n) is 2.13. The molecule has 0 amide bonds. The number of benzene rings is 1. The average Bonchev–Trinajstić information content (AvgIpc) is 2.27. The number of oxime groups is 1. The fourth-order valence-corrected chi connectivity index (χ4v) is 2.33. The molecular weight excluding hydrogens is 307 g/mol. The molecule has 2 N–H and O–H groups in total. The molecule has 0 atom stereocenters. The summed E-state index contributed by atoms with van der Waals surface area (Å²) < 4.78 is 0.834. The number of aryl methyl sites for hydroxylation is 1. The number of aromatic nitrogens is 2. The van der Waals surface area contributed by atoms with Crippen LogP contribution in [-0.4, -0.2) is 21.5 Å². The van der Waals surface area contributed by atoms with Crippen LogP contribution in [0.5, 0.6) is 0 Å². The van der Waals surface area contributed by atoms with Gasteiger partial charge in [0.05, 0.1) is 5.52 Å². The Bertz CT molecular complexity index is 602. The van der Waals surface area contributed by atoms with Gasteiger partial charge in [0.15, 0.2) is 0 Å². The van der Waals surface area contributed by atoms with Crippen molar-refractivity contribution < 1.29 is 5.21 Å². The van der Waals surface area contributed by atoms with Crippen LogP contribution in [0, 0.1) is 6.92 Å². The summed E-state index contributed by atoms with van der Waals surface area (Å²) >= 11 is 9.25. The fraction of sp³-hybridized carbons (Fsp3) is 0.100. The number of fused-ring (bicyclic) bond motifs is 1. The van der Waals surface area contributed by atoms with E-state index in [1.165, 1.54) is 0 Å². The number of nitrogens with one attached hydrogen (secondary N) is 1. The summed E-state index contributed by atoms with van der Waals surface area (Å²) in [5.41, 5.74) is 1.75. The molecule has 0 unspecified atom stereocenters. The van der Waals surface area contributed by atoms with Gasteiger partial charge in [-0.15, -0.1) is 0 Å². The zero-order valence-electron chi connectivity index (χ0n) is 8.78. The largest absolute Gasteiger partial charge is 0.410 e. The van der Waals surface area contributed by atoms with Gasteiger partial charge in [0, 0.05) is 9.86 Å². The molecule has 2 aromatic rings. The molecular formula is C10H8BrClN4O. The minimum Gasteiger partial charge on any atom is -0.410 e. The van der Waals surface area contributed by atoms with E-state index in [1.54, 1.807) is 0 Å². The van der Waals surface area contributed by atoms with E-state index in [0.717, 1.165) is 21.8 Å². The van der Waals surface area contributed by atoms with Crippen molar-refractivity contribution in [2.45, 2.75) is 6.92 Å². The maximum atomic E-state index is 8.40. The third-order valence-corrected chi connectivity index (χ3v) is 2.90.